The maximum absolute atomic E-state index is 2.94. The molecule has 3 heteroatoms. The summed E-state index contributed by atoms with van der Waals surface area (Å²) in [6.45, 7) is 0. The molecule has 0 aliphatic heterocycles. The van der Waals surface area contributed by atoms with Gasteiger partial charge in [0.2, 0.25) is 0 Å². The van der Waals surface area contributed by atoms with Crippen LogP contribution in [0.5, 0.6) is 0 Å². The molecule has 0 aliphatic rings. The molecule has 2 aromatic heterocycles. The molecule has 10 aromatic carbocycles. The van der Waals surface area contributed by atoms with E-state index in [1.54, 1.807) is 0 Å². The predicted molar refractivity (Wildman–Crippen MR) is 270 cm³/mol. The molecule has 0 amide bonds. The van der Waals surface area contributed by atoms with E-state index in [2.05, 4.69) is 264 Å². The Bertz CT molecular complexity index is 3500. The van der Waals surface area contributed by atoms with Crippen molar-refractivity contribution in [3.8, 4) is 33.6 Å². The second kappa shape index (κ2) is 15.2. The van der Waals surface area contributed by atoms with Crippen LogP contribution in [0, 0.1) is 0 Å². The molecule has 0 unspecified atom stereocenters. The average Bonchev–Trinajstić information content (AvgIpc) is 3.88. The number of fused-ring (bicyclic) bond motifs is 6. The fourth-order valence-corrected chi connectivity index (χ4v) is 15.3. The quantitative estimate of drug-likeness (QED) is 0.107. The lowest BCUT2D eigenvalue weighted by atomic mass is 10.0. The van der Waals surface area contributed by atoms with E-state index in [9.17, 15) is 0 Å². The van der Waals surface area contributed by atoms with Crippen LogP contribution in [0.1, 0.15) is 0 Å². The Morgan fingerprint density at radius 1 is 0.254 bits per heavy atom. The van der Waals surface area contributed by atoms with Crippen molar-refractivity contribution >= 4 is 72.4 Å². The Labute approximate surface area is 368 Å². The van der Waals surface area contributed by atoms with E-state index >= 15 is 0 Å². The molecule has 0 N–H and O–H groups in total. The van der Waals surface area contributed by atoms with Gasteiger partial charge in [-0.3, -0.25) is 0 Å². The summed E-state index contributed by atoms with van der Waals surface area (Å²) in [4.78, 5) is 0. The van der Waals surface area contributed by atoms with E-state index in [-0.39, 0.29) is 0 Å². The summed E-state index contributed by atoms with van der Waals surface area (Å²) in [5.74, 6) is 0. The van der Waals surface area contributed by atoms with Gasteiger partial charge in [0.1, 0.15) is 0 Å². The van der Waals surface area contributed by atoms with Gasteiger partial charge < -0.3 is 9.13 Å². The first-order chi connectivity index (χ1) is 31.3. The van der Waals surface area contributed by atoms with Crippen molar-refractivity contribution in [3.63, 3.8) is 0 Å². The fraction of sp³-hybridized carbons (Fsp3) is 0. The van der Waals surface area contributed by atoms with Gasteiger partial charge in [0.05, 0.1) is 22.1 Å². The maximum Gasteiger partial charge on any atom is 0.181 e. The molecule has 0 saturated carbocycles. The van der Waals surface area contributed by atoms with Crippen LogP contribution in [0.3, 0.4) is 0 Å². The lowest BCUT2D eigenvalue weighted by Crippen LogP contribution is -2.75. The second-order valence-electron chi connectivity index (χ2n) is 16.5. The van der Waals surface area contributed by atoms with Crippen molar-refractivity contribution < 1.29 is 0 Å². The molecule has 0 bridgehead atoms. The monoisotopic (exact) mass is 818 g/mol. The fourth-order valence-electron chi connectivity index (χ4n) is 10.3. The SMILES string of the molecule is c1ccc(-c2cccc(-n3c4cc(-c5ccccc5)ccc4c4ccc(-n5c6ccccc6c6cccc([Si](c7ccccc7)(c7ccccc7)c7ccccc7)c65)cc43)c2)cc1. The summed E-state index contributed by atoms with van der Waals surface area (Å²) in [7, 11) is -2.94. The normalized spacial score (nSPS) is 11.8. The largest absolute Gasteiger partial charge is 0.309 e. The van der Waals surface area contributed by atoms with Gasteiger partial charge in [0.15, 0.2) is 8.07 Å². The Hall–Kier alpha value is -7.98. The number of aromatic nitrogens is 2. The zero-order valence-corrected chi connectivity index (χ0v) is 35.6. The molecular formula is C60H42N2Si. The van der Waals surface area contributed by atoms with E-state index in [4.69, 9.17) is 0 Å². The molecule has 12 aromatic rings. The van der Waals surface area contributed by atoms with Gasteiger partial charge in [-0.25, -0.2) is 0 Å². The topological polar surface area (TPSA) is 9.86 Å². The van der Waals surface area contributed by atoms with Gasteiger partial charge in [0, 0.05) is 32.9 Å². The average molecular weight is 819 g/mol. The minimum Gasteiger partial charge on any atom is -0.309 e. The highest BCUT2D eigenvalue weighted by molar-refractivity contribution is 7.20. The first kappa shape index (κ1) is 36.8. The third-order valence-corrected chi connectivity index (χ3v) is 17.9. The molecule has 63 heavy (non-hydrogen) atoms. The maximum atomic E-state index is 2.56. The number of nitrogens with zero attached hydrogens (tertiary/aromatic N) is 2. The summed E-state index contributed by atoms with van der Waals surface area (Å²) in [6.07, 6.45) is 0. The van der Waals surface area contributed by atoms with Crippen molar-refractivity contribution in [2.24, 2.45) is 0 Å². The zero-order chi connectivity index (χ0) is 41.7. The van der Waals surface area contributed by atoms with Crippen LogP contribution in [0.4, 0.5) is 0 Å². The van der Waals surface area contributed by atoms with E-state index < -0.39 is 8.07 Å². The molecule has 0 fully saturated rings. The Morgan fingerprint density at radius 2 is 0.698 bits per heavy atom. The number of para-hydroxylation sites is 2. The minimum atomic E-state index is -2.94. The highest BCUT2D eigenvalue weighted by Crippen LogP contribution is 2.39. The summed E-state index contributed by atoms with van der Waals surface area (Å²) < 4.78 is 5.05. The van der Waals surface area contributed by atoms with Crippen molar-refractivity contribution in [2.75, 3.05) is 0 Å². The van der Waals surface area contributed by atoms with E-state index in [0.717, 1.165) is 11.4 Å². The smallest absolute Gasteiger partial charge is 0.181 e. The highest BCUT2D eigenvalue weighted by atomic mass is 28.3. The first-order valence-electron chi connectivity index (χ1n) is 21.8. The summed E-state index contributed by atoms with van der Waals surface area (Å²) >= 11 is 0. The zero-order valence-electron chi connectivity index (χ0n) is 34.6. The van der Waals surface area contributed by atoms with Crippen molar-refractivity contribution in [1.29, 1.82) is 0 Å². The third-order valence-electron chi connectivity index (χ3n) is 13.0. The molecule has 0 saturated heterocycles. The van der Waals surface area contributed by atoms with E-state index in [1.165, 1.54) is 86.6 Å². The standard InChI is InChI=1S/C60H42N2Si/c1-6-20-43(21-7-1)45-24-18-25-47(40-45)61-57-41-46(44-22-8-2-9-23-44)36-38-53(57)54-39-37-48(42-58(54)61)62-56-34-17-16-32-52(56)55-33-19-35-59(60(55)62)63(49-26-10-3-11-27-49,50-28-12-4-13-29-50)51-30-14-5-15-31-51/h1-42H. The van der Waals surface area contributed by atoms with Gasteiger partial charge in [0.25, 0.3) is 0 Å². The van der Waals surface area contributed by atoms with Crippen molar-refractivity contribution in [2.45, 2.75) is 0 Å². The highest BCUT2D eigenvalue weighted by Gasteiger charge is 2.43. The molecule has 0 aliphatic carbocycles. The molecule has 12 rings (SSSR count). The Morgan fingerprint density at radius 3 is 1.32 bits per heavy atom. The number of rotatable bonds is 8. The molecule has 2 nitrogen and oxygen atoms in total. The number of hydrogen-bond donors (Lipinski definition) is 0. The van der Waals surface area contributed by atoms with Crippen LogP contribution in [0.25, 0.3) is 77.2 Å². The summed E-state index contributed by atoms with van der Waals surface area (Å²) in [5, 5.41) is 10.4. The van der Waals surface area contributed by atoms with Crippen LogP contribution >= 0.6 is 0 Å². The minimum absolute atomic E-state index is 1.13. The van der Waals surface area contributed by atoms with Gasteiger partial charge in [-0.05, 0) is 79.4 Å². The predicted octanol–water partition coefficient (Wildman–Crippen LogP) is 12.6. The van der Waals surface area contributed by atoms with E-state index in [1.807, 2.05) is 0 Å². The van der Waals surface area contributed by atoms with Crippen LogP contribution in [-0.4, -0.2) is 17.2 Å². The lowest BCUT2D eigenvalue weighted by molar-refractivity contribution is 1.16. The van der Waals surface area contributed by atoms with Gasteiger partial charge >= 0.3 is 0 Å². The second-order valence-corrected chi connectivity index (χ2v) is 20.2. The Kier molecular flexibility index (Phi) is 8.87. The van der Waals surface area contributed by atoms with Crippen molar-refractivity contribution in [1.82, 2.24) is 9.13 Å². The van der Waals surface area contributed by atoms with Crippen LogP contribution in [0.15, 0.2) is 255 Å². The number of hydrogen-bond acceptors (Lipinski definition) is 0. The van der Waals surface area contributed by atoms with Crippen LogP contribution < -0.4 is 20.7 Å². The molecule has 296 valence electrons. The first-order valence-corrected chi connectivity index (χ1v) is 23.8. The van der Waals surface area contributed by atoms with E-state index in [0.29, 0.717) is 0 Å². The molecule has 0 spiro atoms. The van der Waals surface area contributed by atoms with Gasteiger partial charge in [-0.1, -0.05) is 218 Å². The van der Waals surface area contributed by atoms with Gasteiger partial charge in [-0.2, -0.15) is 0 Å². The number of benzene rings is 10. The van der Waals surface area contributed by atoms with Crippen LogP contribution in [-0.2, 0) is 0 Å². The van der Waals surface area contributed by atoms with Crippen molar-refractivity contribution in [3.05, 3.63) is 255 Å². The van der Waals surface area contributed by atoms with Gasteiger partial charge in [-0.15, -0.1) is 0 Å². The summed E-state index contributed by atoms with van der Waals surface area (Å²) in [6, 6.07) is 94.4. The molecule has 2 heterocycles. The van der Waals surface area contributed by atoms with Crippen LogP contribution in [0.2, 0.25) is 0 Å². The Balaban J connectivity index is 1.19. The lowest BCUT2D eigenvalue weighted by Gasteiger charge is -2.35. The molecule has 0 atom stereocenters. The summed E-state index contributed by atoms with van der Waals surface area (Å²) in [5.41, 5.74) is 11.8. The third kappa shape index (κ3) is 5.93. The molecule has 0 radical (unpaired) electrons. The molecular weight excluding hydrogens is 777 g/mol.